The molecule has 1 atom stereocenters. The third-order valence-electron chi connectivity index (χ3n) is 2.69. The molecular formula is C13H20ClN3O3. The normalized spacial score (nSPS) is 11.2. The van der Waals surface area contributed by atoms with E-state index in [4.69, 9.17) is 10.5 Å². The smallest absolute Gasteiger partial charge is 0.417 e. The highest BCUT2D eigenvalue weighted by Crippen LogP contribution is 2.05. The number of halogens is 1. The van der Waals surface area contributed by atoms with Gasteiger partial charge in [0.25, 0.3) is 0 Å². The highest BCUT2D eigenvalue weighted by Gasteiger charge is 2.17. The fraction of sp³-hybridized carbons (Fsp3) is 0.385. The minimum Gasteiger partial charge on any atom is -1.00 e. The molecule has 1 aromatic carbocycles. The van der Waals surface area contributed by atoms with Crippen LogP contribution < -0.4 is 23.9 Å². The van der Waals surface area contributed by atoms with E-state index in [2.05, 4.69) is 5.73 Å². The monoisotopic (exact) mass is 301 g/mol. The maximum absolute atomic E-state index is 11.4. The molecular weight excluding hydrogens is 282 g/mol. The Hall–Kier alpha value is -1.79. The zero-order chi connectivity index (χ0) is 14.4. The van der Waals surface area contributed by atoms with E-state index < -0.39 is 12.1 Å². The van der Waals surface area contributed by atoms with Crippen molar-refractivity contribution in [2.45, 2.75) is 19.4 Å². The van der Waals surface area contributed by atoms with Crippen LogP contribution in [0.3, 0.4) is 0 Å². The SMILES string of the molecule is Cc1ccc(C[C@@H]([NH3+])COC(=O)N(C)C(N)=O)cc1.[Cl-]. The Morgan fingerprint density at radius 2 is 1.90 bits per heavy atom. The van der Waals surface area contributed by atoms with Gasteiger partial charge in [0.2, 0.25) is 0 Å². The maximum Gasteiger partial charge on any atom is 0.417 e. The van der Waals surface area contributed by atoms with Crippen LogP contribution >= 0.6 is 0 Å². The number of carbonyl (C=O) groups is 2. The summed E-state index contributed by atoms with van der Waals surface area (Å²) in [7, 11) is 1.27. The Morgan fingerprint density at radius 3 is 2.40 bits per heavy atom. The van der Waals surface area contributed by atoms with E-state index in [0.29, 0.717) is 6.42 Å². The van der Waals surface area contributed by atoms with Crippen LogP contribution in [0.1, 0.15) is 11.1 Å². The molecule has 1 aromatic rings. The minimum absolute atomic E-state index is 0. The number of hydrogen-bond donors (Lipinski definition) is 2. The summed E-state index contributed by atoms with van der Waals surface area (Å²) >= 11 is 0. The van der Waals surface area contributed by atoms with E-state index in [0.717, 1.165) is 10.5 Å². The molecule has 0 aliphatic rings. The van der Waals surface area contributed by atoms with Gasteiger partial charge < -0.3 is 28.6 Å². The summed E-state index contributed by atoms with van der Waals surface area (Å²) in [5.74, 6) is 0. The third-order valence-corrected chi connectivity index (χ3v) is 2.69. The molecule has 0 spiro atoms. The predicted molar refractivity (Wildman–Crippen MR) is 70.3 cm³/mol. The van der Waals surface area contributed by atoms with Crippen molar-refractivity contribution in [1.29, 1.82) is 0 Å². The number of primary amides is 1. The van der Waals surface area contributed by atoms with E-state index in [1.807, 2.05) is 31.2 Å². The molecule has 0 unspecified atom stereocenters. The highest BCUT2D eigenvalue weighted by atomic mass is 35.5. The fourth-order valence-electron chi connectivity index (χ4n) is 1.49. The first-order valence-electron chi connectivity index (χ1n) is 5.98. The van der Waals surface area contributed by atoms with Crippen LogP contribution in [0.4, 0.5) is 9.59 Å². The molecule has 0 aromatic heterocycles. The Kier molecular flexibility index (Phi) is 7.64. The molecule has 1 rings (SSSR count). The third kappa shape index (κ3) is 5.90. The van der Waals surface area contributed by atoms with Gasteiger partial charge >= 0.3 is 12.1 Å². The highest BCUT2D eigenvalue weighted by molar-refractivity contribution is 5.89. The summed E-state index contributed by atoms with van der Waals surface area (Å²) < 4.78 is 4.95. The lowest BCUT2D eigenvalue weighted by atomic mass is 10.1. The summed E-state index contributed by atoms with van der Waals surface area (Å²) in [5, 5.41) is 0. The van der Waals surface area contributed by atoms with Crippen LogP contribution in [-0.2, 0) is 11.2 Å². The molecule has 7 heteroatoms. The average Bonchev–Trinajstić information content (AvgIpc) is 2.37. The van der Waals surface area contributed by atoms with Gasteiger partial charge in [0.15, 0.2) is 0 Å². The number of urea groups is 1. The van der Waals surface area contributed by atoms with Gasteiger partial charge in [0.1, 0.15) is 12.6 Å². The van der Waals surface area contributed by atoms with Crippen LogP contribution in [0, 0.1) is 6.92 Å². The number of ether oxygens (including phenoxy) is 1. The van der Waals surface area contributed by atoms with E-state index in [1.165, 1.54) is 12.6 Å². The molecule has 0 saturated heterocycles. The number of nitrogens with zero attached hydrogens (tertiary/aromatic N) is 1. The number of benzene rings is 1. The van der Waals surface area contributed by atoms with Crippen LogP contribution in [0.5, 0.6) is 0 Å². The van der Waals surface area contributed by atoms with Gasteiger partial charge in [-0.2, -0.15) is 0 Å². The van der Waals surface area contributed by atoms with E-state index in [9.17, 15) is 9.59 Å². The molecule has 0 saturated carbocycles. The molecule has 20 heavy (non-hydrogen) atoms. The minimum atomic E-state index is -0.843. The molecule has 3 amide bonds. The van der Waals surface area contributed by atoms with Crippen molar-refractivity contribution in [1.82, 2.24) is 4.90 Å². The number of quaternary nitrogens is 1. The van der Waals surface area contributed by atoms with Gasteiger partial charge in [-0.05, 0) is 12.5 Å². The van der Waals surface area contributed by atoms with Crippen LogP contribution in [0.2, 0.25) is 0 Å². The number of rotatable bonds is 4. The molecule has 0 aliphatic heterocycles. The second-order valence-electron chi connectivity index (χ2n) is 4.53. The van der Waals surface area contributed by atoms with E-state index in [1.54, 1.807) is 0 Å². The van der Waals surface area contributed by atoms with Crippen molar-refractivity contribution >= 4 is 12.1 Å². The van der Waals surface area contributed by atoms with E-state index in [-0.39, 0.29) is 25.1 Å². The molecule has 0 bridgehead atoms. The Labute approximate surface area is 124 Å². The molecule has 0 heterocycles. The van der Waals surface area contributed by atoms with Crippen molar-refractivity contribution in [3.8, 4) is 0 Å². The Balaban J connectivity index is 0.00000361. The topological polar surface area (TPSA) is 100 Å². The van der Waals surface area contributed by atoms with Crippen molar-refractivity contribution < 1.29 is 32.5 Å². The summed E-state index contributed by atoms with van der Waals surface area (Å²) in [6, 6.07) is 7.16. The lowest BCUT2D eigenvalue weighted by Crippen LogP contribution is -3.00. The maximum atomic E-state index is 11.4. The summed E-state index contributed by atoms with van der Waals surface area (Å²) in [6.45, 7) is 2.16. The van der Waals surface area contributed by atoms with Gasteiger partial charge in [-0.25, -0.2) is 14.5 Å². The average molecular weight is 302 g/mol. The molecule has 0 fully saturated rings. The molecule has 112 valence electrons. The van der Waals surface area contributed by atoms with Crippen molar-refractivity contribution in [3.63, 3.8) is 0 Å². The zero-order valence-corrected chi connectivity index (χ0v) is 12.4. The van der Waals surface area contributed by atoms with E-state index >= 15 is 0 Å². The lowest BCUT2D eigenvalue weighted by Gasteiger charge is -2.14. The van der Waals surface area contributed by atoms with Gasteiger partial charge in [-0.1, -0.05) is 29.8 Å². The summed E-state index contributed by atoms with van der Waals surface area (Å²) in [5.41, 5.74) is 11.2. The Morgan fingerprint density at radius 1 is 1.35 bits per heavy atom. The first-order chi connectivity index (χ1) is 8.90. The number of hydrogen-bond acceptors (Lipinski definition) is 3. The number of aryl methyl sites for hydroxylation is 1. The quantitative estimate of drug-likeness (QED) is 0.633. The first kappa shape index (κ1) is 18.2. The van der Waals surface area contributed by atoms with Crippen molar-refractivity contribution in [2.75, 3.05) is 13.7 Å². The van der Waals surface area contributed by atoms with Crippen molar-refractivity contribution in [2.24, 2.45) is 5.73 Å². The van der Waals surface area contributed by atoms with Gasteiger partial charge in [0, 0.05) is 13.5 Å². The molecule has 5 N–H and O–H groups in total. The van der Waals surface area contributed by atoms with Gasteiger partial charge in [0.05, 0.1) is 0 Å². The lowest BCUT2D eigenvalue weighted by molar-refractivity contribution is -0.424. The van der Waals surface area contributed by atoms with Gasteiger partial charge in [-0.3, -0.25) is 0 Å². The van der Waals surface area contributed by atoms with Crippen molar-refractivity contribution in [3.05, 3.63) is 35.4 Å². The first-order valence-corrected chi connectivity index (χ1v) is 5.98. The van der Waals surface area contributed by atoms with Crippen LogP contribution in [0.25, 0.3) is 0 Å². The van der Waals surface area contributed by atoms with Crippen LogP contribution in [0.15, 0.2) is 24.3 Å². The number of imide groups is 1. The second-order valence-corrected chi connectivity index (χ2v) is 4.53. The zero-order valence-electron chi connectivity index (χ0n) is 11.6. The molecule has 0 radical (unpaired) electrons. The number of amides is 3. The largest absolute Gasteiger partial charge is 1.00 e. The van der Waals surface area contributed by atoms with Gasteiger partial charge in [-0.15, -0.1) is 0 Å². The summed E-state index contributed by atoms with van der Waals surface area (Å²) in [4.78, 5) is 22.8. The number of nitrogens with two attached hydrogens (primary N) is 1. The fourth-order valence-corrected chi connectivity index (χ4v) is 1.49. The standard InChI is InChI=1S/C13H19N3O3.ClH/c1-9-3-5-10(6-4-9)7-11(14)8-19-13(18)16(2)12(15)17;/h3-6,11H,7-8,14H2,1-2H3,(H2,15,17);1H/t11-;/m1./s1. The number of carbonyl (C=O) groups excluding carboxylic acids is 2. The summed E-state index contributed by atoms with van der Waals surface area (Å²) in [6.07, 6.45) is -0.0570. The molecule has 6 nitrogen and oxygen atoms in total. The van der Waals surface area contributed by atoms with Crippen LogP contribution in [-0.4, -0.2) is 36.7 Å². The Bertz CT molecular complexity index is 451. The molecule has 0 aliphatic carbocycles. The second kappa shape index (κ2) is 8.39. The predicted octanol–water partition coefficient (Wildman–Crippen LogP) is -2.70.